The third kappa shape index (κ3) is 6.04. The van der Waals surface area contributed by atoms with E-state index in [4.69, 9.17) is 16.2 Å². The minimum absolute atomic E-state index is 0.158. The first-order valence-electron chi connectivity index (χ1n) is 6.49. The maximum absolute atomic E-state index is 13.2. The van der Waals surface area contributed by atoms with E-state index in [0.29, 0.717) is 18.5 Å². The van der Waals surface area contributed by atoms with Crippen molar-refractivity contribution in [3.05, 3.63) is 23.5 Å². The van der Waals surface area contributed by atoms with Crippen molar-refractivity contribution in [3.8, 4) is 11.8 Å². The van der Waals surface area contributed by atoms with E-state index in [1.54, 1.807) is 20.8 Å². The van der Waals surface area contributed by atoms with Crippen molar-refractivity contribution in [2.45, 2.75) is 32.8 Å². The van der Waals surface area contributed by atoms with E-state index < -0.39 is 17.5 Å². The van der Waals surface area contributed by atoms with Gasteiger partial charge in [0, 0.05) is 13.0 Å². The van der Waals surface area contributed by atoms with Crippen molar-refractivity contribution in [1.29, 1.82) is 0 Å². The molecule has 0 radical (unpaired) electrons. The molecule has 1 amide bonds. The van der Waals surface area contributed by atoms with Crippen LogP contribution >= 0.6 is 0 Å². The largest absolute Gasteiger partial charge is 0.444 e. The summed E-state index contributed by atoms with van der Waals surface area (Å²) in [6, 6.07) is 2.37. The molecule has 0 fully saturated rings. The van der Waals surface area contributed by atoms with Gasteiger partial charge in [0.2, 0.25) is 0 Å². The average molecular weight is 293 g/mol. The molecular weight excluding hydrogens is 273 g/mol. The van der Waals surface area contributed by atoms with Gasteiger partial charge in [-0.2, -0.15) is 0 Å². The molecule has 6 heteroatoms. The summed E-state index contributed by atoms with van der Waals surface area (Å²) in [5.74, 6) is 5.03. The smallest absolute Gasteiger partial charge is 0.407 e. The fourth-order valence-corrected chi connectivity index (χ4v) is 1.44. The lowest BCUT2D eigenvalue weighted by Crippen LogP contribution is -2.32. The average Bonchev–Trinajstić information content (AvgIpc) is 2.32. The summed E-state index contributed by atoms with van der Waals surface area (Å²) in [5, 5.41) is 2.57. The van der Waals surface area contributed by atoms with Crippen molar-refractivity contribution in [2.24, 2.45) is 0 Å². The fourth-order valence-electron chi connectivity index (χ4n) is 1.44. The van der Waals surface area contributed by atoms with Crippen LogP contribution in [0, 0.1) is 17.7 Å². The Hall–Kier alpha value is -2.42. The highest BCUT2D eigenvalue weighted by atomic mass is 19.1. The van der Waals surface area contributed by atoms with E-state index >= 15 is 0 Å². The van der Waals surface area contributed by atoms with E-state index in [1.807, 2.05) is 0 Å². The molecule has 1 rings (SSSR count). The molecule has 0 aliphatic heterocycles. The number of nitrogens with one attached hydrogen (secondary N) is 1. The van der Waals surface area contributed by atoms with Crippen LogP contribution in [0.2, 0.25) is 0 Å². The molecule has 5 nitrogen and oxygen atoms in total. The Kier molecular flexibility index (Phi) is 5.42. The van der Waals surface area contributed by atoms with Crippen molar-refractivity contribution < 1.29 is 13.9 Å². The molecule has 0 saturated heterocycles. The second kappa shape index (κ2) is 6.84. The van der Waals surface area contributed by atoms with Crippen LogP contribution in [0.15, 0.2) is 12.1 Å². The van der Waals surface area contributed by atoms with Crippen LogP contribution in [0.3, 0.4) is 0 Å². The number of nitrogen functional groups attached to an aromatic ring is 2. The summed E-state index contributed by atoms with van der Waals surface area (Å²) in [6.07, 6.45) is -0.117. The van der Waals surface area contributed by atoms with Gasteiger partial charge in [-0.1, -0.05) is 11.8 Å². The molecule has 0 bridgehead atoms. The molecule has 1 aromatic rings. The number of anilines is 2. The molecule has 5 N–H and O–H groups in total. The maximum atomic E-state index is 13.2. The minimum Gasteiger partial charge on any atom is -0.444 e. The first-order valence-corrected chi connectivity index (χ1v) is 6.49. The van der Waals surface area contributed by atoms with Crippen LogP contribution in [0.25, 0.3) is 0 Å². The van der Waals surface area contributed by atoms with Gasteiger partial charge in [-0.25, -0.2) is 9.18 Å². The Morgan fingerprint density at radius 1 is 1.38 bits per heavy atom. The molecule has 21 heavy (non-hydrogen) atoms. The van der Waals surface area contributed by atoms with Crippen LogP contribution in [0.4, 0.5) is 20.6 Å². The third-order valence-electron chi connectivity index (χ3n) is 2.32. The Balaban J connectivity index is 2.50. The summed E-state index contributed by atoms with van der Waals surface area (Å²) in [6.45, 7) is 5.67. The van der Waals surface area contributed by atoms with Gasteiger partial charge in [-0.3, -0.25) is 0 Å². The number of amides is 1. The zero-order valence-corrected chi connectivity index (χ0v) is 12.4. The summed E-state index contributed by atoms with van der Waals surface area (Å²) >= 11 is 0. The number of carbonyl (C=O) groups excluding carboxylic acids is 1. The Morgan fingerprint density at radius 3 is 2.67 bits per heavy atom. The molecule has 0 aliphatic carbocycles. The van der Waals surface area contributed by atoms with Crippen molar-refractivity contribution >= 4 is 17.5 Å². The van der Waals surface area contributed by atoms with E-state index in [0.717, 1.165) is 6.07 Å². The molecule has 0 saturated carbocycles. The third-order valence-corrected chi connectivity index (χ3v) is 2.32. The highest BCUT2D eigenvalue weighted by molar-refractivity contribution is 5.71. The zero-order valence-electron chi connectivity index (χ0n) is 12.4. The van der Waals surface area contributed by atoms with Crippen LogP contribution in [-0.2, 0) is 4.74 Å². The number of halogens is 1. The lowest BCUT2D eigenvalue weighted by Gasteiger charge is -2.19. The quantitative estimate of drug-likeness (QED) is 0.443. The first-order chi connectivity index (χ1) is 9.69. The number of carbonyl (C=O) groups is 1. The molecule has 0 unspecified atom stereocenters. The van der Waals surface area contributed by atoms with Crippen LogP contribution < -0.4 is 16.8 Å². The van der Waals surface area contributed by atoms with Gasteiger partial charge in [-0.05, 0) is 32.9 Å². The normalized spacial score (nSPS) is 10.5. The molecule has 0 aromatic heterocycles. The van der Waals surface area contributed by atoms with E-state index in [9.17, 15) is 9.18 Å². The maximum Gasteiger partial charge on any atom is 0.407 e. The molecule has 114 valence electrons. The van der Waals surface area contributed by atoms with Crippen molar-refractivity contribution in [3.63, 3.8) is 0 Å². The SMILES string of the molecule is CC(C)(C)OC(=O)NCCC#Cc1cc(F)cc(N)c1N. The molecule has 0 atom stereocenters. The topological polar surface area (TPSA) is 90.4 Å². The predicted octanol–water partition coefficient (Wildman–Crippen LogP) is 2.26. The van der Waals surface area contributed by atoms with Gasteiger partial charge in [0.25, 0.3) is 0 Å². The van der Waals surface area contributed by atoms with Gasteiger partial charge in [0.05, 0.1) is 16.9 Å². The Labute approximate surface area is 123 Å². The van der Waals surface area contributed by atoms with Gasteiger partial charge < -0.3 is 21.5 Å². The van der Waals surface area contributed by atoms with Crippen LogP contribution in [-0.4, -0.2) is 18.2 Å². The zero-order chi connectivity index (χ0) is 16.0. The van der Waals surface area contributed by atoms with Gasteiger partial charge in [0.15, 0.2) is 0 Å². The Bertz CT molecular complexity index is 583. The van der Waals surface area contributed by atoms with E-state index in [1.165, 1.54) is 6.07 Å². The van der Waals surface area contributed by atoms with Crippen LogP contribution in [0.5, 0.6) is 0 Å². The van der Waals surface area contributed by atoms with E-state index in [-0.39, 0.29) is 11.4 Å². The number of ether oxygens (including phenoxy) is 1. The van der Waals surface area contributed by atoms with E-state index in [2.05, 4.69) is 17.2 Å². The summed E-state index contributed by atoms with van der Waals surface area (Å²) in [7, 11) is 0. The van der Waals surface area contributed by atoms with Crippen LogP contribution in [0.1, 0.15) is 32.8 Å². The minimum atomic E-state index is -0.538. The summed E-state index contributed by atoms with van der Waals surface area (Å²) in [5.41, 5.74) is 11.5. The van der Waals surface area contributed by atoms with Gasteiger partial charge >= 0.3 is 6.09 Å². The molecular formula is C15H20FN3O2. The van der Waals surface area contributed by atoms with Gasteiger partial charge in [0.1, 0.15) is 11.4 Å². The lowest BCUT2D eigenvalue weighted by atomic mass is 10.1. The predicted molar refractivity (Wildman–Crippen MR) is 81.0 cm³/mol. The lowest BCUT2D eigenvalue weighted by molar-refractivity contribution is 0.0529. The monoisotopic (exact) mass is 293 g/mol. The molecule has 0 aliphatic rings. The molecule has 0 heterocycles. The van der Waals surface area contributed by atoms with Crippen molar-refractivity contribution in [2.75, 3.05) is 18.0 Å². The second-order valence-electron chi connectivity index (χ2n) is 5.44. The van der Waals surface area contributed by atoms with Crippen molar-refractivity contribution in [1.82, 2.24) is 5.32 Å². The second-order valence-corrected chi connectivity index (χ2v) is 5.44. The number of rotatable bonds is 2. The fraction of sp³-hybridized carbons (Fsp3) is 0.400. The molecule has 0 spiro atoms. The first kappa shape index (κ1) is 16.6. The number of alkyl carbamates (subject to hydrolysis) is 1. The number of hydrogen-bond donors (Lipinski definition) is 3. The standard InChI is InChI=1S/C15H20FN3O2/c1-15(2,3)21-14(20)19-7-5-4-6-10-8-11(16)9-12(17)13(10)18/h8-9H,5,7,17-18H2,1-3H3,(H,19,20). The summed E-state index contributed by atoms with van der Waals surface area (Å²) < 4.78 is 18.2. The highest BCUT2D eigenvalue weighted by Crippen LogP contribution is 2.20. The number of hydrogen-bond acceptors (Lipinski definition) is 4. The number of nitrogens with two attached hydrogens (primary N) is 2. The highest BCUT2D eigenvalue weighted by Gasteiger charge is 2.15. The molecule has 1 aromatic carbocycles. The summed E-state index contributed by atoms with van der Waals surface area (Å²) in [4.78, 5) is 11.4. The Morgan fingerprint density at radius 2 is 2.05 bits per heavy atom. The van der Waals surface area contributed by atoms with Gasteiger partial charge in [-0.15, -0.1) is 0 Å². The number of benzene rings is 1.